The van der Waals surface area contributed by atoms with Crippen LogP contribution in [0.25, 0.3) is 0 Å². The molecular weight excluding hydrogens is 234 g/mol. The largest absolute Gasteiger partial charge is 0.314 e. The molecule has 1 aromatic heterocycles. The van der Waals surface area contributed by atoms with Gasteiger partial charge >= 0.3 is 0 Å². The third kappa shape index (κ3) is 3.02. The van der Waals surface area contributed by atoms with Crippen LogP contribution in [-0.2, 0) is 6.54 Å². The highest BCUT2D eigenvalue weighted by Crippen LogP contribution is 2.29. The van der Waals surface area contributed by atoms with Crippen molar-refractivity contribution >= 4 is 11.6 Å². The van der Waals surface area contributed by atoms with Gasteiger partial charge in [-0.25, -0.2) is 0 Å². The fourth-order valence-corrected chi connectivity index (χ4v) is 2.99. The Morgan fingerprint density at radius 3 is 3.00 bits per heavy atom. The molecule has 2 atom stereocenters. The normalized spacial score (nSPS) is 24.4. The van der Waals surface area contributed by atoms with Gasteiger partial charge in [-0.2, -0.15) is 5.10 Å². The van der Waals surface area contributed by atoms with E-state index in [1.54, 1.807) is 6.20 Å². The van der Waals surface area contributed by atoms with Crippen LogP contribution in [0.4, 0.5) is 0 Å². The van der Waals surface area contributed by atoms with Crippen LogP contribution in [-0.4, -0.2) is 22.4 Å². The first-order chi connectivity index (χ1) is 8.22. The summed E-state index contributed by atoms with van der Waals surface area (Å²) in [4.78, 5) is 0. The lowest BCUT2D eigenvalue weighted by molar-refractivity contribution is 0.357. The standard InChI is InChI=1S/C13H22ClN3/c1-3-15-13-6-4-5-11(13)7-8-17-10(2)12(14)9-16-17/h9,11,13,15H,3-8H2,1-2H3. The van der Waals surface area contributed by atoms with Crippen molar-refractivity contribution in [2.45, 2.75) is 52.1 Å². The lowest BCUT2D eigenvalue weighted by Crippen LogP contribution is -2.32. The Morgan fingerprint density at radius 1 is 1.53 bits per heavy atom. The average Bonchev–Trinajstić information content (AvgIpc) is 2.87. The van der Waals surface area contributed by atoms with Crippen LogP contribution in [0.1, 0.15) is 38.3 Å². The third-order valence-electron chi connectivity index (χ3n) is 3.88. The van der Waals surface area contributed by atoms with Crippen molar-refractivity contribution in [3.63, 3.8) is 0 Å². The molecule has 0 aromatic carbocycles. The number of halogens is 1. The summed E-state index contributed by atoms with van der Waals surface area (Å²) >= 11 is 6.01. The van der Waals surface area contributed by atoms with Gasteiger partial charge in [-0.1, -0.05) is 24.9 Å². The first-order valence-electron chi connectivity index (χ1n) is 6.63. The van der Waals surface area contributed by atoms with E-state index < -0.39 is 0 Å². The summed E-state index contributed by atoms with van der Waals surface area (Å²) in [6.45, 7) is 6.29. The van der Waals surface area contributed by atoms with E-state index in [9.17, 15) is 0 Å². The number of hydrogen-bond acceptors (Lipinski definition) is 2. The maximum absolute atomic E-state index is 6.01. The van der Waals surface area contributed by atoms with Crippen molar-refractivity contribution in [1.29, 1.82) is 0 Å². The SMILES string of the molecule is CCNC1CCCC1CCn1ncc(Cl)c1C. The molecule has 1 aromatic rings. The number of aryl methyl sites for hydroxylation is 1. The fraction of sp³-hybridized carbons (Fsp3) is 0.769. The number of aromatic nitrogens is 2. The number of rotatable bonds is 5. The van der Waals surface area contributed by atoms with Crippen molar-refractivity contribution in [3.05, 3.63) is 16.9 Å². The van der Waals surface area contributed by atoms with Crippen molar-refractivity contribution < 1.29 is 0 Å². The van der Waals surface area contributed by atoms with Crippen molar-refractivity contribution in [2.75, 3.05) is 6.54 Å². The lowest BCUT2D eigenvalue weighted by Gasteiger charge is -2.20. The minimum absolute atomic E-state index is 0.714. The van der Waals surface area contributed by atoms with Crippen molar-refractivity contribution in [2.24, 2.45) is 5.92 Å². The van der Waals surface area contributed by atoms with Crippen LogP contribution < -0.4 is 5.32 Å². The van der Waals surface area contributed by atoms with Gasteiger partial charge in [0.15, 0.2) is 0 Å². The Kier molecular flexibility index (Phi) is 4.46. The summed E-state index contributed by atoms with van der Waals surface area (Å²) in [5.74, 6) is 0.803. The summed E-state index contributed by atoms with van der Waals surface area (Å²) in [5.41, 5.74) is 1.09. The molecule has 0 spiro atoms. The summed E-state index contributed by atoms with van der Waals surface area (Å²) in [5, 5.41) is 8.68. The van der Waals surface area contributed by atoms with Crippen LogP contribution in [0.5, 0.6) is 0 Å². The molecule has 1 fully saturated rings. The second-order valence-electron chi connectivity index (χ2n) is 4.94. The molecule has 1 aliphatic rings. The van der Waals surface area contributed by atoms with Gasteiger partial charge < -0.3 is 5.32 Å². The second kappa shape index (κ2) is 5.87. The summed E-state index contributed by atoms with van der Waals surface area (Å²) < 4.78 is 2.03. The molecule has 0 bridgehead atoms. The quantitative estimate of drug-likeness (QED) is 0.877. The molecule has 0 radical (unpaired) electrons. The predicted octanol–water partition coefficient (Wildman–Crippen LogP) is 3.01. The van der Waals surface area contributed by atoms with E-state index in [0.717, 1.165) is 29.7 Å². The molecule has 1 saturated carbocycles. The van der Waals surface area contributed by atoms with Gasteiger partial charge in [-0.3, -0.25) is 4.68 Å². The minimum atomic E-state index is 0.714. The monoisotopic (exact) mass is 255 g/mol. The first kappa shape index (κ1) is 12.9. The predicted molar refractivity (Wildman–Crippen MR) is 71.4 cm³/mol. The molecule has 2 unspecified atom stereocenters. The molecule has 1 heterocycles. The maximum Gasteiger partial charge on any atom is 0.0814 e. The molecular formula is C13H22ClN3. The zero-order valence-corrected chi connectivity index (χ0v) is 11.5. The first-order valence-corrected chi connectivity index (χ1v) is 7.01. The minimum Gasteiger partial charge on any atom is -0.314 e. The molecule has 0 saturated heterocycles. The van der Waals surface area contributed by atoms with Gasteiger partial charge in [0.1, 0.15) is 0 Å². The summed E-state index contributed by atoms with van der Waals surface area (Å²) in [6, 6.07) is 0.714. The molecule has 1 N–H and O–H groups in total. The van der Waals surface area contributed by atoms with Gasteiger partial charge in [-0.05, 0) is 38.6 Å². The molecule has 4 heteroatoms. The third-order valence-corrected chi connectivity index (χ3v) is 4.25. The fourth-order valence-electron chi connectivity index (χ4n) is 2.85. The van der Waals surface area contributed by atoms with E-state index in [1.165, 1.54) is 25.7 Å². The summed E-state index contributed by atoms with van der Waals surface area (Å²) in [6.07, 6.45) is 6.99. The Bertz CT molecular complexity index is 362. The second-order valence-corrected chi connectivity index (χ2v) is 5.35. The molecule has 17 heavy (non-hydrogen) atoms. The van der Waals surface area contributed by atoms with Crippen molar-refractivity contribution in [3.8, 4) is 0 Å². The van der Waals surface area contributed by atoms with Gasteiger partial charge in [0.2, 0.25) is 0 Å². The smallest absolute Gasteiger partial charge is 0.0814 e. The van der Waals surface area contributed by atoms with Gasteiger partial charge in [-0.15, -0.1) is 0 Å². The van der Waals surface area contributed by atoms with Crippen LogP contribution in [0, 0.1) is 12.8 Å². The Hall–Kier alpha value is -0.540. The van der Waals surface area contributed by atoms with E-state index in [1.807, 2.05) is 11.6 Å². The van der Waals surface area contributed by atoms with Crippen LogP contribution in [0.3, 0.4) is 0 Å². The maximum atomic E-state index is 6.01. The molecule has 0 aliphatic heterocycles. The highest BCUT2D eigenvalue weighted by molar-refractivity contribution is 6.31. The topological polar surface area (TPSA) is 29.9 Å². The Balaban J connectivity index is 1.87. The Morgan fingerprint density at radius 2 is 2.35 bits per heavy atom. The molecule has 1 aliphatic carbocycles. The van der Waals surface area contributed by atoms with E-state index in [2.05, 4.69) is 17.3 Å². The van der Waals surface area contributed by atoms with Crippen LogP contribution in [0.2, 0.25) is 5.02 Å². The van der Waals surface area contributed by atoms with E-state index in [-0.39, 0.29) is 0 Å². The van der Waals surface area contributed by atoms with E-state index in [4.69, 9.17) is 11.6 Å². The highest BCUT2D eigenvalue weighted by Gasteiger charge is 2.26. The zero-order valence-electron chi connectivity index (χ0n) is 10.7. The molecule has 3 nitrogen and oxygen atoms in total. The van der Waals surface area contributed by atoms with E-state index >= 15 is 0 Å². The molecule has 96 valence electrons. The molecule has 0 amide bonds. The molecule has 2 rings (SSSR count). The number of nitrogens with one attached hydrogen (secondary N) is 1. The number of hydrogen-bond donors (Lipinski definition) is 1. The Labute approximate surface area is 109 Å². The van der Waals surface area contributed by atoms with Gasteiger partial charge in [0, 0.05) is 12.6 Å². The average molecular weight is 256 g/mol. The lowest BCUT2D eigenvalue weighted by atomic mass is 9.99. The highest BCUT2D eigenvalue weighted by atomic mass is 35.5. The van der Waals surface area contributed by atoms with Crippen LogP contribution >= 0.6 is 11.6 Å². The zero-order chi connectivity index (χ0) is 12.3. The number of nitrogens with zero attached hydrogens (tertiary/aromatic N) is 2. The van der Waals surface area contributed by atoms with Crippen molar-refractivity contribution in [1.82, 2.24) is 15.1 Å². The summed E-state index contributed by atoms with van der Waals surface area (Å²) in [7, 11) is 0. The van der Waals surface area contributed by atoms with Gasteiger partial charge in [0.25, 0.3) is 0 Å². The van der Waals surface area contributed by atoms with Crippen LogP contribution in [0.15, 0.2) is 6.20 Å². The van der Waals surface area contributed by atoms with E-state index in [0.29, 0.717) is 6.04 Å². The van der Waals surface area contributed by atoms with Gasteiger partial charge in [0.05, 0.1) is 16.9 Å².